The SMILES string of the molecule is O=C(c1ccc(Br)cc1)N1C(=S)C(c2ccc(Br)cc2)=NC12CCCCCC2. The first-order valence-corrected chi connectivity index (χ1v) is 11.5. The van der Waals surface area contributed by atoms with Crippen LogP contribution in [0.1, 0.15) is 54.4 Å². The first kappa shape index (κ1) is 19.9. The summed E-state index contributed by atoms with van der Waals surface area (Å²) in [7, 11) is 0. The van der Waals surface area contributed by atoms with Crippen LogP contribution >= 0.6 is 44.1 Å². The molecule has 0 atom stereocenters. The number of carbonyl (C=O) groups excluding carboxylic acids is 1. The van der Waals surface area contributed by atoms with Gasteiger partial charge in [-0.1, -0.05) is 69.1 Å². The van der Waals surface area contributed by atoms with Gasteiger partial charge in [0.05, 0.1) is 0 Å². The van der Waals surface area contributed by atoms with Gasteiger partial charge in [0.2, 0.25) is 0 Å². The van der Waals surface area contributed by atoms with Crippen LogP contribution in [0.15, 0.2) is 62.5 Å². The molecule has 1 amide bonds. The fourth-order valence-electron chi connectivity index (χ4n) is 4.03. The number of aliphatic imine (C=N–C) groups is 1. The molecule has 0 saturated heterocycles. The summed E-state index contributed by atoms with van der Waals surface area (Å²) in [5, 5.41) is 0. The highest BCUT2D eigenvalue weighted by Crippen LogP contribution is 2.40. The van der Waals surface area contributed by atoms with Gasteiger partial charge in [0.25, 0.3) is 5.91 Å². The summed E-state index contributed by atoms with van der Waals surface area (Å²) in [5.74, 6) is -0.0599. The molecule has 3 nitrogen and oxygen atoms in total. The second-order valence-corrected chi connectivity index (χ2v) is 9.53. The fourth-order valence-corrected chi connectivity index (χ4v) is 4.97. The third kappa shape index (κ3) is 3.74. The zero-order valence-corrected chi connectivity index (χ0v) is 19.3. The lowest BCUT2D eigenvalue weighted by atomic mass is 9.99. The normalized spacial score (nSPS) is 18.9. The number of amides is 1. The minimum atomic E-state index is -0.555. The highest BCUT2D eigenvalue weighted by atomic mass is 79.9. The van der Waals surface area contributed by atoms with Crippen LogP contribution in [0.4, 0.5) is 0 Å². The van der Waals surface area contributed by atoms with Crippen LogP contribution in [0, 0.1) is 0 Å². The third-order valence-electron chi connectivity index (χ3n) is 5.46. The molecule has 6 heteroatoms. The topological polar surface area (TPSA) is 32.7 Å². The molecule has 4 rings (SSSR count). The van der Waals surface area contributed by atoms with Gasteiger partial charge in [-0.3, -0.25) is 14.7 Å². The Balaban J connectivity index is 1.77. The molecule has 144 valence electrons. The Morgan fingerprint density at radius 3 is 2.00 bits per heavy atom. The van der Waals surface area contributed by atoms with Crippen molar-refractivity contribution in [3.05, 3.63) is 68.6 Å². The molecule has 1 aliphatic heterocycles. The Morgan fingerprint density at radius 1 is 0.893 bits per heavy atom. The fraction of sp³-hybridized carbons (Fsp3) is 0.318. The summed E-state index contributed by atoms with van der Waals surface area (Å²) in [4.78, 5) is 21.0. The molecule has 2 aliphatic rings. The zero-order valence-electron chi connectivity index (χ0n) is 15.3. The van der Waals surface area contributed by atoms with E-state index in [4.69, 9.17) is 17.2 Å². The first-order valence-electron chi connectivity index (χ1n) is 9.50. The molecule has 2 aromatic carbocycles. The summed E-state index contributed by atoms with van der Waals surface area (Å²) in [6.07, 6.45) is 6.19. The van der Waals surface area contributed by atoms with Crippen LogP contribution in [0.2, 0.25) is 0 Å². The van der Waals surface area contributed by atoms with Crippen LogP contribution in [0.25, 0.3) is 0 Å². The van der Waals surface area contributed by atoms with E-state index in [1.165, 1.54) is 12.8 Å². The minimum absolute atomic E-state index is 0.0599. The van der Waals surface area contributed by atoms with Crippen LogP contribution < -0.4 is 0 Å². The van der Waals surface area contributed by atoms with Gasteiger partial charge in [0.1, 0.15) is 16.4 Å². The number of carbonyl (C=O) groups is 1. The number of nitrogens with zero attached hydrogens (tertiary/aromatic N) is 2. The van der Waals surface area contributed by atoms with E-state index in [-0.39, 0.29) is 5.91 Å². The van der Waals surface area contributed by atoms with Gasteiger partial charge in [0, 0.05) is 20.1 Å². The second-order valence-electron chi connectivity index (χ2n) is 7.32. The van der Waals surface area contributed by atoms with Crippen LogP contribution in [-0.2, 0) is 0 Å². The lowest BCUT2D eigenvalue weighted by molar-refractivity contribution is 0.0692. The van der Waals surface area contributed by atoms with Crippen LogP contribution in [-0.4, -0.2) is 27.2 Å². The molecule has 0 bridgehead atoms. The third-order valence-corrected chi connectivity index (χ3v) is 6.89. The Labute approximate surface area is 187 Å². The van der Waals surface area contributed by atoms with E-state index in [1.807, 2.05) is 48.5 Å². The minimum Gasteiger partial charge on any atom is -0.271 e. The second kappa shape index (κ2) is 8.17. The smallest absolute Gasteiger partial charge is 0.260 e. The molecule has 0 N–H and O–H groups in total. The van der Waals surface area contributed by atoms with Gasteiger partial charge in [-0.2, -0.15) is 0 Å². The average molecular weight is 520 g/mol. The van der Waals surface area contributed by atoms with Gasteiger partial charge in [-0.05, 0) is 62.1 Å². The largest absolute Gasteiger partial charge is 0.271 e. The maximum Gasteiger partial charge on any atom is 0.260 e. The Hall–Kier alpha value is -1.37. The Morgan fingerprint density at radius 2 is 1.43 bits per heavy atom. The Kier molecular flexibility index (Phi) is 5.81. The molecule has 0 radical (unpaired) electrons. The molecule has 1 spiro atoms. The molecular weight excluding hydrogens is 500 g/mol. The van der Waals surface area contributed by atoms with E-state index in [1.54, 1.807) is 4.90 Å². The molecule has 1 heterocycles. The van der Waals surface area contributed by atoms with Crippen LogP contribution in [0.3, 0.4) is 0 Å². The maximum atomic E-state index is 13.5. The molecule has 28 heavy (non-hydrogen) atoms. The molecule has 0 aromatic heterocycles. The van der Waals surface area contributed by atoms with Gasteiger partial charge in [-0.25, -0.2) is 0 Å². The van der Waals surface area contributed by atoms with Crippen molar-refractivity contribution in [3.8, 4) is 0 Å². The van der Waals surface area contributed by atoms with E-state index >= 15 is 0 Å². The number of halogens is 2. The summed E-state index contributed by atoms with van der Waals surface area (Å²) < 4.78 is 1.96. The van der Waals surface area contributed by atoms with Crippen LogP contribution in [0.5, 0.6) is 0 Å². The van der Waals surface area contributed by atoms with E-state index in [0.717, 1.165) is 45.9 Å². The predicted octanol–water partition coefficient (Wildman–Crippen LogP) is 6.53. The van der Waals surface area contributed by atoms with Crippen molar-refractivity contribution in [3.63, 3.8) is 0 Å². The van der Waals surface area contributed by atoms with Crippen molar-refractivity contribution < 1.29 is 4.79 Å². The number of benzene rings is 2. The van der Waals surface area contributed by atoms with Gasteiger partial charge in [0.15, 0.2) is 0 Å². The lowest BCUT2D eigenvalue weighted by Gasteiger charge is -2.35. The number of hydrogen-bond donors (Lipinski definition) is 0. The van der Waals surface area contributed by atoms with E-state index < -0.39 is 5.66 Å². The number of thiocarbonyl (C=S) groups is 1. The molecule has 1 fully saturated rings. The molecular formula is C22H20Br2N2OS. The summed E-state index contributed by atoms with van der Waals surface area (Å²) in [5.41, 5.74) is 1.80. The number of rotatable bonds is 2. The van der Waals surface area contributed by atoms with Gasteiger partial charge >= 0.3 is 0 Å². The van der Waals surface area contributed by atoms with Crippen molar-refractivity contribution in [2.24, 2.45) is 4.99 Å². The molecule has 1 aliphatic carbocycles. The van der Waals surface area contributed by atoms with Crippen molar-refractivity contribution in [2.45, 2.75) is 44.2 Å². The van der Waals surface area contributed by atoms with Crippen molar-refractivity contribution in [1.29, 1.82) is 0 Å². The van der Waals surface area contributed by atoms with Gasteiger partial charge in [-0.15, -0.1) is 0 Å². The lowest BCUT2D eigenvalue weighted by Crippen LogP contribution is -2.49. The van der Waals surface area contributed by atoms with E-state index in [9.17, 15) is 4.79 Å². The average Bonchev–Trinajstić information content (AvgIpc) is 2.83. The first-order chi connectivity index (χ1) is 13.5. The molecule has 0 unspecified atom stereocenters. The standard InChI is InChI=1S/C22H20Br2N2OS/c23-17-9-5-15(6-10-17)19-21(28)26(20(27)16-7-11-18(24)12-8-16)22(25-19)13-3-1-2-4-14-22/h5-12H,1-4,13-14H2. The highest BCUT2D eigenvalue weighted by molar-refractivity contribution is 9.10. The summed E-state index contributed by atoms with van der Waals surface area (Å²) >= 11 is 12.7. The van der Waals surface area contributed by atoms with Gasteiger partial charge < -0.3 is 0 Å². The van der Waals surface area contributed by atoms with Crippen molar-refractivity contribution in [2.75, 3.05) is 0 Å². The quantitative estimate of drug-likeness (QED) is 0.422. The van der Waals surface area contributed by atoms with E-state index in [0.29, 0.717) is 10.6 Å². The number of hydrogen-bond acceptors (Lipinski definition) is 3. The summed E-state index contributed by atoms with van der Waals surface area (Å²) in [6.45, 7) is 0. The van der Waals surface area contributed by atoms with Crippen molar-refractivity contribution in [1.82, 2.24) is 4.90 Å². The van der Waals surface area contributed by atoms with Crippen molar-refractivity contribution >= 4 is 60.7 Å². The molecule has 1 saturated carbocycles. The Bertz CT molecular complexity index is 930. The zero-order chi connectivity index (χ0) is 19.7. The highest BCUT2D eigenvalue weighted by Gasteiger charge is 2.48. The maximum absolute atomic E-state index is 13.5. The summed E-state index contributed by atoms with van der Waals surface area (Å²) in [6, 6.07) is 15.5. The molecule has 2 aromatic rings. The monoisotopic (exact) mass is 518 g/mol. The van der Waals surface area contributed by atoms with E-state index in [2.05, 4.69) is 31.9 Å². The predicted molar refractivity (Wildman–Crippen MR) is 124 cm³/mol.